The highest BCUT2D eigenvalue weighted by atomic mass is 32.2. The van der Waals surface area contributed by atoms with E-state index in [4.69, 9.17) is 4.74 Å². The molecule has 6 nitrogen and oxygen atoms in total. The van der Waals surface area contributed by atoms with Gasteiger partial charge in [-0.25, -0.2) is 0 Å². The molecular formula is C19H23N3O3S2. The highest BCUT2D eigenvalue weighted by Crippen LogP contribution is 2.36. The lowest BCUT2D eigenvalue weighted by atomic mass is 9.87. The fourth-order valence-electron chi connectivity index (χ4n) is 2.69. The Morgan fingerprint density at radius 2 is 2.15 bits per heavy atom. The Labute approximate surface area is 168 Å². The molecule has 0 unspecified atom stereocenters. The van der Waals surface area contributed by atoms with Gasteiger partial charge in [-0.1, -0.05) is 23.9 Å². The van der Waals surface area contributed by atoms with E-state index in [0.29, 0.717) is 23.8 Å². The van der Waals surface area contributed by atoms with E-state index in [2.05, 4.69) is 16.7 Å². The van der Waals surface area contributed by atoms with Crippen molar-refractivity contribution in [2.24, 2.45) is 0 Å². The number of hydrogen-bond acceptors (Lipinski definition) is 6. The van der Waals surface area contributed by atoms with Crippen molar-refractivity contribution in [1.29, 1.82) is 5.26 Å². The fraction of sp³-hybridized carbons (Fsp3) is 0.421. The number of benzene rings is 1. The summed E-state index contributed by atoms with van der Waals surface area (Å²) >= 11 is 2.83. The van der Waals surface area contributed by atoms with Crippen molar-refractivity contribution in [1.82, 2.24) is 10.6 Å². The van der Waals surface area contributed by atoms with Gasteiger partial charge in [0, 0.05) is 37.5 Å². The first-order valence-corrected chi connectivity index (χ1v) is 10.8. The van der Waals surface area contributed by atoms with Crippen molar-refractivity contribution in [3.8, 4) is 6.07 Å². The molecule has 27 heavy (non-hydrogen) atoms. The first-order valence-electron chi connectivity index (χ1n) is 8.55. The van der Waals surface area contributed by atoms with Crippen LogP contribution in [-0.4, -0.2) is 44.1 Å². The summed E-state index contributed by atoms with van der Waals surface area (Å²) in [5.41, 5.74) is 1.44. The minimum atomic E-state index is -0.285. The van der Waals surface area contributed by atoms with Gasteiger partial charge in [0.2, 0.25) is 11.8 Å². The number of nitrogens with one attached hydrogen (secondary N) is 2. The third-order valence-electron chi connectivity index (χ3n) is 4.07. The zero-order valence-electron chi connectivity index (χ0n) is 15.4. The Bertz CT molecular complexity index is 742. The van der Waals surface area contributed by atoms with Crippen LogP contribution in [0.5, 0.6) is 0 Å². The summed E-state index contributed by atoms with van der Waals surface area (Å²) in [6.45, 7) is 1.12. The molecule has 1 aromatic carbocycles. The molecule has 1 heterocycles. The summed E-state index contributed by atoms with van der Waals surface area (Å²) in [7, 11) is 1.62. The largest absolute Gasteiger partial charge is 0.385 e. The van der Waals surface area contributed by atoms with Gasteiger partial charge in [-0.3, -0.25) is 9.59 Å². The van der Waals surface area contributed by atoms with Gasteiger partial charge in [-0.05, 0) is 30.4 Å². The van der Waals surface area contributed by atoms with Gasteiger partial charge in [0.1, 0.15) is 0 Å². The lowest BCUT2D eigenvalue weighted by Gasteiger charge is -2.25. The van der Waals surface area contributed by atoms with E-state index in [1.807, 2.05) is 30.5 Å². The van der Waals surface area contributed by atoms with Crippen LogP contribution in [0.4, 0.5) is 0 Å². The van der Waals surface area contributed by atoms with E-state index in [-0.39, 0.29) is 29.9 Å². The summed E-state index contributed by atoms with van der Waals surface area (Å²) in [5, 5.41) is 15.7. The quantitative estimate of drug-likeness (QED) is 0.485. The minimum Gasteiger partial charge on any atom is -0.385 e. The molecule has 1 aliphatic rings. The lowest BCUT2D eigenvalue weighted by molar-refractivity contribution is -0.121. The van der Waals surface area contributed by atoms with Crippen molar-refractivity contribution in [2.75, 3.05) is 32.3 Å². The molecule has 0 radical (unpaired) electrons. The summed E-state index contributed by atoms with van der Waals surface area (Å²) in [6, 6.07) is 10.1. The van der Waals surface area contributed by atoms with E-state index >= 15 is 0 Å². The van der Waals surface area contributed by atoms with Crippen molar-refractivity contribution in [3.05, 3.63) is 40.4 Å². The second-order valence-corrected chi connectivity index (χ2v) is 7.78. The number of carbonyl (C=O) groups excluding carboxylic acids is 2. The van der Waals surface area contributed by atoms with Crippen LogP contribution in [-0.2, 0) is 14.3 Å². The molecule has 1 atom stereocenters. The predicted octanol–water partition coefficient (Wildman–Crippen LogP) is 2.63. The van der Waals surface area contributed by atoms with E-state index in [0.717, 1.165) is 16.9 Å². The zero-order valence-corrected chi connectivity index (χ0v) is 17.0. The number of allylic oxidation sites excluding steroid dienone is 1. The summed E-state index contributed by atoms with van der Waals surface area (Å²) in [6.07, 6.45) is 2.97. The average molecular weight is 406 g/mol. The van der Waals surface area contributed by atoms with Crippen LogP contribution in [0.1, 0.15) is 24.3 Å². The highest BCUT2D eigenvalue weighted by molar-refractivity contribution is 8.03. The number of methoxy groups -OCH3 is 1. The summed E-state index contributed by atoms with van der Waals surface area (Å²) < 4.78 is 4.94. The number of hydrogen-bond donors (Lipinski definition) is 2. The van der Waals surface area contributed by atoms with Crippen molar-refractivity contribution in [2.45, 2.75) is 23.7 Å². The van der Waals surface area contributed by atoms with E-state index in [1.165, 1.54) is 11.8 Å². The van der Waals surface area contributed by atoms with Crippen LogP contribution in [0.25, 0.3) is 0 Å². The molecule has 0 saturated carbocycles. The number of rotatable bonds is 9. The topological polar surface area (TPSA) is 91.2 Å². The predicted molar refractivity (Wildman–Crippen MR) is 108 cm³/mol. The smallest absolute Gasteiger partial charge is 0.230 e. The van der Waals surface area contributed by atoms with Crippen LogP contribution >= 0.6 is 23.5 Å². The van der Waals surface area contributed by atoms with Crippen LogP contribution in [0.2, 0.25) is 0 Å². The second kappa shape index (κ2) is 11.0. The Kier molecular flexibility index (Phi) is 8.72. The van der Waals surface area contributed by atoms with Crippen LogP contribution in [0.15, 0.2) is 39.8 Å². The number of nitriles is 1. The molecule has 0 aliphatic carbocycles. The maximum Gasteiger partial charge on any atom is 0.230 e. The number of carbonyl (C=O) groups is 2. The summed E-state index contributed by atoms with van der Waals surface area (Å²) in [5.74, 6) is -0.421. The molecule has 0 aromatic heterocycles. The number of amides is 2. The zero-order chi connectivity index (χ0) is 19.6. The van der Waals surface area contributed by atoms with Gasteiger partial charge in [0.25, 0.3) is 0 Å². The molecule has 0 spiro atoms. The molecule has 0 fully saturated rings. The SMILES string of the molecule is COCCCNC(=O)CSC1=C(C#N)[C@@H](c2ccc(SC)cc2)CC(=O)N1. The molecule has 1 aliphatic heterocycles. The molecule has 2 N–H and O–H groups in total. The fourth-order valence-corrected chi connectivity index (χ4v) is 4.00. The maximum absolute atomic E-state index is 12.1. The van der Waals surface area contributed by atoms with E-state index in [1.54, 1.807) is 18.9 Å². The van der Waals surface area contributed by atoms with Gasteiger partial charge in [-0.2, -0.15) is 5.26 Å². The van der Waals surface area contributed by atoms with Gasteiger partial charge in [0.05, 0.1) is 22.4 Å². The molecule has 1 aromatic rings. The van der Waals surface area contributed by atoms with Gasteiger partial charge in [0.15, 0.2) is 0 Å². The highest BCUT2D eigenvalue weighted by Gasteiger charge is 2.29. The monoisotopic (exact) mass is 405 g/mol. The van der Waals surface area contributed by atoms with Crippen LogP contribution in [0, 0.1) is 11.3 Å². The molecule has 2 rings (SSSR count). The van der Waals surface area contributed by atoms with Gasteiger partial charge >= 0.3 is 0 Å². The maximum atomic E-state index is 12.1. The first kappa shape index (κ1) is 21.4. The molecular weight excluding hydrogens is 382 g/mol. The van der Waals surface area contributed by atoms with Crippen molar-refractivity contribution in [3.63, 3.8) is 0 Å². The Morgan fingerprint density at radius 3 is 2.78 bits per heavy atom. The first-order chi connectivity index (χ1) is 13.1. The Hall–Kier alpha value is -1.95. The Morgan fingerprint density at radius 1 is 1.41 bits per heavy atom. The molecule has 2 amide bonds. The normalized spacial score (nSPS) is 16.6. The number of nitrogens with zero attached hydrogens (tertiary/aromatic N) is 1. The number of ether oxygens (including phenoxy) is 1. The molecule has 8 heteroatoms. The molecule has 144 valence electrons. The third-order valence-corrected chi connectivity index (χ3v) is 5.83. The van der Waals surface area contributed by atoms with Crippen molar-refractivity contribution < 1.29 is 14.3 Å². The van der Waals surface area contributed by atoms with Gasteiger partial charge < -0.3 is 15.4 Å². The Balaban J connectivity index is 2.07. The molecule has 0 saturated heterocycles. The van der Waals surface area contributed by atoms with Gasteiger partial charge in [-0.15, -0.1) is 11.8 Å². The average Bonchev–Trinajstić information content (AvgIpc) is 2.69. The minimum absolute atomic E-state index is 0.137. The van der Waals surface area contributed by atoms with Crippen LogP contribution < -0.4 is 10.6 Å². The third kappa shape index (κ3) is 6.31. The van der Waals surface area contributed by atoms with Crippen LogP contribution in [0.3, 0.4) is 0 Å². The lowest BCUT2D eigenvalue weighted by Crippen LogP contribution is -2.32. The second-order valence-electron chi connectivity index (χ2n) is 5.92. The standard InChI is InChI=1S/C19H23N3O3S2/c1-25-9-3-8-21-18(24)12-27-19-16(11-20)15(10-17(23)22-19)13-4-6-14(26-2)7-5-13/h4-7,15H,3,8-10,12H2,1-2H3,(H,21,24)(H,22,23)/t15-/m1/s1. The summed E-state index contributed by atoms with van der Waals surface area (Å²) in [4.78, 5) is 25.2. The van der Waals surface area contributed by atoms with E-state index < -0.39 is 0 Å². The molecule has 0 bridgehead atoms. The number of thioether (sulfide) groups is 2. The van der Waals surface area contributed by atoms with E-state index in [9.17, 15) is 14.9 Å². The van der Waals surface area contributed by atoms with Crippen molar-refractivity contribution >= 4 is 35.3 Å².